The van der Waals surface area contributed by atoms with Gasteiger partial charge in [-0.15, -0.1) is 0 Å². The Bertz CT molecular complexity index is 541. The van der Waals surface area contributed by atoms with Gasteiger partial charge >= 0.3 is 5.97 Å². The van der Waals surface area contributed by atoms with E-state index in [1.165, 1.54) is 12.3 Å². The summed E-state index contributed by atoms with van der Waals surface area (Å²) >= 11 is 0. The summed E-state index contributed by atoms with van der Waals surface area (Å²) in [7, 11) is 0. The SMILES string of the molecule is CC(C)[C@H](N)C(=O)OC[C@H]1O[C@@H](N2C=CC(NO)=NC2O)[C@H](O)[C@@H]1O. The first-order valence-electron chi connectivity index (χ1n) is 7.81. The summed E-state index contributed by atoms with van der Waals surface area (Å²) < 4.78 is 10.5. The second kappa shape index (κ2) is 8.08. The molecule has 11 heteroatoms. The number of amidine groups is 1. The molecular formula is C14H24N4O7. The highest BCUT2D eigenvalue weighted by molar-refractivity contribution is 5.92. The molecule has 1 saturated heterocycles. The fourth-order valence-corrected chi connectivity index (χ4v) is 2.40. The van der Waals surface area contributed by atoms with Gasteiger partial charge in [-0.25, -0.2) is 4.99 Å². The number of nitrogens with two attached hydrogens (primary N) is 1. The first-order chi connectivity index (χ1) is 11.8. The monoisotopic (exact) mass is 360 g/mol. The van der Waals surface area contributed by atoms with Gasteiger partial charge < -0.3 is 35.4 Å². The van der Waals surface area contributed by atoms with Crippen LogP contribution in [0.1, 0.15) is 13.8 Å². The van der Waals surface area contributed by atoms with Gasteiger partial charge in [-0.2, -0.15) is 0 Å². The summed E-state index contributed by atoms with van der Waals surface area (Å²) in [6.07, 6.45) is -3.60. The Kier molecular flexibility index (Phi) is 6.32. The standard InChI is InChI=1S/C14H24N4O7/c1-6(2)9(15)13(21)24-5-7-10(19)11(20)12(25-7)18-4-3-8(17-23)16-14(18)22/h3-4,6-7,9-12,14,19-20,22-23H,5,15H2,1-2H3,(H,16,17)/t7-,9+,10-,11-,12-,14?/m1/s1. The summed E-state index contributed by atoms with van der Waals surface area (Å²) in [6.45, 7) is 3.24. The van der Waals surface area contributed by atoms with Crippen molar-refractivity contribution in [2.45, 2.75) is 50.8 Å². The van der Waals surface area contributed by atoms with Crippen molar-refractivity contribution in [2.75, 3.05) is 6.61 Å². The third-order valence-corrected chi connectivity index (χ3v) is 4.05. The topological polar surface area (TPSA) is 170 Å². The third-order valence-electron chi connectivity index (χ3n) is 4.05. The lowest BCUT2D eigenvalue weighted by Crippen LogP contribution is -2.47. The molecule has 0 aromatic carbocycles. The molecule has 2 aliphatic heterocycles. The normalized spacial score (nSPS) is 33.4. The number of hydrogen-bond acceptors (Lipinski definition) is 11. The van der Waals surface area contributed by atoms with E-state index < -0.39 is 42.9 Å². The van der Waals surface area contributed by atoms with Crippen LogP contribution in [0.3, 0.4) is 0 Å². The molecule has 6 atom stereocenters. The predicted molar refractivity (Wildman–Crippen MR) is 83.8 cm³/mol. The molecule has 0 aromatic rings. The largest absolute Gasteiger partial charge is 0.462 e. The maximum Gasteiger partial charge on any atom is 0.323 e. The fraction of sp³-hybridized carbons (Fsp3) is 0.714. The average Bonchev–Trinajstić information content (AvgIpc) is 2.86. The number of aliphatic imine (C=N–C) groups is 1. The maximum atomic E-state index is 11.8. The van der Waals surface area contributed by atoms with E-state index in [1.54, 1.807) is 19.3 Å². The molecule has 0 radical (unpaired) electrons. The van der Waals surface area contributed by atoms with Gasteiger partial charge in [-0.05, 0) is 12.0 Å². The number of ether oxygens (including phenoxy) is 2. The van der Waals surface area contributed by atoms with Crippen LogP contribution in [0.2, 0.25) is 0 Å². The molecule has 2 rings (SSSR count). The molecule has 7 N–H and O–H groups in total. The molecule has 0 saturated carbocycles. The zero-order chi connectivity index (χ0) is 18.7. The molecule has 2 aliphatic rings. The van der Waals surface area contributed by atoms with Gasteiger partial charge in [-0.1, -0.05) is 13.8 Å². The number of esters is 1. The lowest BCUT2D eigenvalue weighted by Gasteiger charge is -2.33. The summed E-state index contributed by atoms with van der Waals surface area (Å²) in [4.78, 5) is 16.6. The van der Waals surface area contributed by atoms with E-state index in [-0.39, 0.29) is 18.4 Å². The van der Waals surface area contributed by atoms with Crippen LogP contribution in [-0.4, -0.2) is 80.8 Å². The molecule has 0 aromatic heterocycles. The Morgan fingerprint density at radius 3 is 2.68 bits per heavy atom. The third kappa shape index (κ3) is 4.26. The smallest absolute Gasteiger partial charge is 0.323 e. The van der Waals surface area contributed by atoms with E-state index in [0.29, 0.717) is 0 Å². The van der Waals surface area contributed by atoms with Crippen LogP contribution < -0.4 is 11.2 Å². The number of hydroxylamine groups is 1. The summed E-state index contributed by atoms with van der Waals surface area (Å²) in [5, 5.41) is 38.9. The second-order valence-corrected chi connectivity index (χ2v) is 6.18. The van der Waals surface area contributed by atoms with E-state index in [1.807, 2.05) is 0 Å². The fourth-order valence-electron chi connectivity index (χ4n) is 2.40. The molecule has 0 spiro atoms. The zero-order valence-corrected chi connectivity index (χ0v) is 13.9. The lowest BCUT2D eigenvalue weighted by atomic mass is 10.1. The zero-order valence-electron chi connectivity index (χ0n) is 13.9. The van der Waals surface area contributed by atoms with Gasteiger partial charge in [0.25, 0.3) is 0 Å². The van der Waals surface area contributed by atoms with E-state index in [2.05, 4.69) is 4.99 Å². The maximum absolute atomic E-state index is 11.8. The van der Waals surface area contributed by atoms with Crippen molar-refractivity contribution in [3.05, 3.63) is 12.3 Å². The lowest BCUT2D eigenvalue weighted by molar-refractivity contribution is -0.157. The van der Waals surface area contributed by atoms with Crippen LogP contribution >= 0.6 is 0 Å². The second-order valence-electron chi connectivity index (χ2n) is 6.18. The molecule has 1 unspecified atom stereocenters. The van der Waals surface area contributed by atoms with Crippen LogP contribution in [0.25, 0.3) is 0 Å². The van der Waals surface area contributed by atoms with Gasteiger partial charge in [0.05, 0.1) is 0 Å². The number of carbonyl (C=O) groups excluding carboxylic acids is 1. The number of aliphatic hydroxyl groups excluding tert-OH is 3. The molecule has 25 heavy (non-hydrogen) atoms. The van der Waals surface area contributed by atoms with Gasteiger partial charge in [0.1, 0.15) is 31.0 Å². The quantitative estimate of drug-likeness (QED) is 0.226. The van der Waals surface area contributed by atoms with Crippen molar-refractivity contribution < 1.29 is 34.8 Å². The van der Waals surface area contributed by atoms with Crippen LogP contribution in [0.15, 0.2) is 17.3 Å². The number of rotatable bonds is 5. The number of aliphatic hydroxyl groups is 3. The van der Waals surface area contributed by atoms with Gasteiger partial charge in [-0.3, -0.25) is 15.5 Å². The Balaban J connectivity index is 1.96. The van der Waals surface area contributed by atoms with Crippen molar-refractivity contribution in [3.63, 3.8) is 0 Å². The molecule has 1 fully saturated rings. The molecule has 2 heterocycles. The van der Waals surface area contributed by atoms with Crippen LogP contribution in [-0.2, 0) is 14.3 Å². The number of carbonyl (C=O) groups is 1. The van der Waals surface area contributed by atoms with Crippen molar-refractivity contribution in [3.8, 4) is 0 Å². The van der Waals surface area contributed by atoms with Crippen LogP contribution in [0, 0.1) is 5.92 Å². The highest BCUT2D eigenvalue weighted by atomic mass is 16.6. The van der Waals surface area contributed by atoms with Gasteiger partial charge in [0, 0.05) is 6.20 Å². The van der Waals surface area contributed by atoms with E-state index in [4.69, 9.17) is 20.4 Å². The van der Waals surface area contributed by atoms with Crippen molar-refractivity contribution in [2.24, 2.45) is 16.6 Å². The van der Waals surface area contributed by atoms with Crippen LogP contribution in [0.4, 0.5) is 0 Å². The average molecular weight is 360 g/mol. The number of nitrogens with one attached hydrogen (secondary N) is 1. The summed E-state index contributed by atoms with van der Waals surface area (Å²) in [5.41, 5.74) is 7.46. The minimum atomic E-state index is -1.44. The molecule has 0 aliphatic carbocycles. The van der Waals surface area contributed by atoms with Gasteiger partial charge in [0.2, 0.25) is 6.35 Å². The molecule has 0 amide bonds. The van der Waals surface area contributed by atoms with E-state index in [0.717, 1.165) is 4.90 Å². The minimum absolute atomic E-state index is 0.0185. The number of hydrogen-bond donors (Lipinski definition) is 6. The van der Waals surface area contributed by atoms with Crippen molar-refractivity contribution in [1.82, 2.24) is 10.4 Å². The molecular weight excluding hydrogens is 336 g/mol. The number of nitrogens with zero attached hydrogens (tertiary/aromatic N) is 2. The minimum Gasteiger partial charge on any atom is -0.462 e. The Labute approximate surface area is 144 Å². The Morgan fingerprint density at radius 1 is 1.44 bits per heavy atom. The van der Waals surface area contributed by atoms with E-state index >= 15 is 0 Å². The van der Waals surface area contributed by atoms with Crippen molar-refractivity contribution in [1.29, 1.82) is 0 Å². The molecule has 0 bridgehead atoms. The Hall–Kier alpha value is -1.76. The van der Waals surface area contributed by atoms with Crippen molar-refractivity contribution >= 4 is 11.8 Å². The summed E-state index contributed by atoms with van der Waals surface area (Å²) in [6, 6.07) is -0.801. The first-order valence-corrected chi connectivity index (χ1v) is 7.81. The summed E-state index contributed by atoms with van der Waals surface area (Å²) in [5.74, 6) is -0.726. The van der Waals surface area contributed by atoms with Gasteiger partial charge in [0.15, 0.2) is 12.1 Å². The molecule has 142 valence electrons. The highest BCUT2D eigenvalue weighted by Gasteiger charge is 2.47. The highest BCUT2D eigenvalue weighted by Crippen LogP contribution is 2.27. The van der Waals surface area contributed by atoms with Crippen LogP contribution in [0.5, 0.6) is 0 Å². The Morgan fingerprint density at radius 2 is 2.12 bits per heavy atom. The first kappa shape index (κ1) is 19.6. The van der Waals surface area contributed by atoms with E-state index in [9.17, 15) is 20.1 Å². The predicted octanol–water partition coefficient (Wildman–Crippen LogP) is -2.56. The molecule has 11 nitrogen and oxygen atoms in total.